The first-order valence-electron chi connectivity index (χ1n) is 11.2. The second kappa shape index (κ2) is 9.82. The van der Waals surface area contributed by atoms with E-state index in [0.717, 1.165) is 41.4 Å². The van der Waals surface area contributed by atoms with Gasteiger partial charge in [-0.1, -0.05) is 12.1 Å². The highest BCUT2D eigenvalue weighted by Gasteiger charge is 2.27. The number of nitrogens with one attached hydrogen (secondary N) is 2. The number of anilines is 2. The predicted octanol–water partition coefficient (Wildman–Crippen LogP) is 3.98. The normalized spacial score (nSPS) is 14.1. The van der Waals surface area contributed by atoms with Crippen molar-refractivity contribution in [2.24, 2.45) is 0 Å². The van der Waals surface area contributed by atoms with Crippen LogP contribution in [0, 0.1) is 0 Å². The van der Waals surface area contributed by atoms with Gasteiger partial charge in [0.15, 0.2) is 5.82 Å². The smallest absolute Gasteiger partial charge is 0.378 e. The van der Waals surface area contributed by atoms with Gasteiger partial charge in [0.05, 0.1) is 30.8 Å². The number of halogens is 3. The summed E-state index contributed by atoms with van der Waals surface area (Å²) in [4.78, 5) is 18.4. The van der Waals surface area contributed by atoms with Crippen molar-refractivity contribution >= 4 is 23.2 Å². The van der Waals surface area contributed by atoms with Crippen LogP contribution in [0.4, 0.5) is 29.5 Å². The fourth-order valence-corrected chi connectivity index (χ4v) is 3.91. The van der Waals surface area contributed by atoms with Gasteiger partial charge in [0.25, 0.3) is 0 Å². The van der Waals surface area contributed by atoms with Crippen molar-refractivity contribution in [1.82, 2.24) is 24.9 Å². The Morgan fingerprint density at radius 3 is 2.61 bits per heavy atom. The number of alkyl halides is 3. The fraction of sp³-hybridized carbons (Fsp3) is 0.250. The molecule has 5 rings (SSSR count). The maximum absolute atomic E-state index is 12.3. The van der Waals surface area contributed by atoms with Crippen LogP contribution < -0.4 is 15.5 Å². The highest BCUT2D eigenvalue weighted by molar-refractivity contribution is 5.90. The molecule has 4 aromatic rings. The number of urea groups is 1. The van der Waals surface area contributed by atoms with E-state index in [1.807, 2.05) is 40.9 Å². The van der Waals surface area contributed by atoms with Gasteiger partial charge in [0.1, 0.15) is 12.2 Å². The quantitative estimate of drug-likeness (QED) is 0.433. The maximum Gasteiger partial charge on any atom is 0.405 e. The first-order chi connectivity index (χ1) is 17.4. The van der Waals surface area contributed by atoms with Crippen LogP contribution in [0.1, 0.15) is 0 Å². The van der Waals surface area contributed by atoms with Crippen LogP contribution in [0.15, 0.2) is 60.9 Å². The van der Waals surface area contributed by atoms with Gasteiger partial charge in [-0.25, -0.2) is 9.78 Å². The number of pyridine rings is 1. The number of carbonyl (C=O) groups is 1. The number of rotatable bonds is 5. The molecule has 0 saturated carbocycles. The van der Waals surface area contributed by atoms with Gasteiger partial charge in [0.2, 0.25) is 0 Å². The number of aromatic nitrogens is 4. The van der Waals surface area contributed by atoms with Crippen LogP contribution in [-0.2, 0) is 4.74 Å². The first kappa shape index (κ1) is 23.5. The van der Waals surface area contributed by atoms with Crippen LogP contribution in [0.25, 0.3) is 28.2 Å². The molecule has 0 atom stereocenters. The lowest BCUT2D eigenvalue weighted by atomic mass is 10.1. The van der Waals surface area contributed by atoms with E-state index in [1.54, 1.807) is 29.7 Å². The van der Waals surface area contributed by atoms with Crippen molar-refractivity contribution in [1.29, 1.82) is 0 Å². The lowest BCUT2D eigenvalue weighted by Crippen LogP contribution is -2.36. The number of fused-ring (bicyclic) bond motifs is 1. The van der Waals surface area contributed by atoms with Crippen LogP contribution in [0.3, 0.4) is 0 Å². The SMILES string of the molecule is O=C(NCC(F)(F)F)Nc1cccc(-c2cnc3cc(-c4ccc(N5CCOCC5)nn4)ccn23)c1. The summed E-state index contributed by atoms with van der Waals surface area (Å²) in [5, 5.41) is 12.9. The second-order valence-electron chi connectivity index (χ2n) is 8.17. The summed E-state index contributed by atoms with van der Waals surface area (Å²) in [7, 11) is 0. The molecule has 0 radical (unpaired) electrons. The molecule has 12 heteroatoms. The lowest BCUT2D eigenvalue weighted by Gasteiger charge is -2.27. The van der Waals surface area contributed by atoms with Gasteiger partial charge in [-0.15, -0.1) is 10.2 Å². The Morgan fingerprint density at radius 1 is 1.03 bits per heavy atom. The minimum Gasteiger partial charge on any atom is -0.378 e. The Labute approximate surface area is 203 Å². The van der Waals surface area contributed by atoms with Crippen molar-refractivity contribution in [2.75, 3.05) is 43.1 Å². The third-order valence-electron chi connectivity index (χ3n) is 5.66. The Morgan fingerprint density at radius 2 is 1.86 bits per heavy atom. The average Bonchev–Trinajstić information content (AvgIpc) is 3.31. The molecule has 0 spiro atoms. The molecule has 4 heterocycles. The third kappa shape index (κ3) is 5.38. The molecule has 2 amide bonds. The zero-order valence-electron chi connectivity index (χ0n) is 19.0. The van der Waals surface area contributed by atoms with Crippen LogP contribution in [0.5, 0.6) is 0 Å². The van der Waals surface area contributed by atoms with E-state index in [4.69, 9.17) is 4.74 Å². The second-order valence-corrected chi connectivity index (χ2v) is 8.17. The Balaban J connectivity index is 1.33. The van der Waals surface area contributed by atoms with Crippen LogP contribution >= 0.6 is 0 Å². The van der Waals surface area contributed by atoms with E-state index >= 15 is 0 Å². The predicted molar refractivity (Wildman–Crippen MR) is 128 cm³/mol. The molecule has 36 heavy (non-hydrogen) atoms. The summed E-state index contributed by atoms with van der Waals surface area (Å²) in [6.45, 7) is 1.51. The molecule has 1 saturated heterocycles. The third-order valence-corrected chi connectivity index (χ3v) is 5.66. The van der Waals surface area contributed by atoms with Crippen molar-refractivity contribution in [3.05, 3.63) is 60.9 Å². The molecule has 3 aromatic heterocycles. The van der Waals surface area contributed by atoms with E-state index in [1.165, 1.54) is 0 Å². The number of carbonyl (C=O) groups excluding carboxylic acids is 1. The van der Waals surface area contributed by atoms with Gasteiger partial charge in [0, 0.05) is 36.1 Å². The largest absolute Gasteiger partial charge is 0.405 e. The molecule has 1 aliphatic heterocycles. The highest BCUT2D eigenvalue weighted by atomic mass is 19.4. The Kier molecular flexibility index (Phi) is 6.42. The maximum atomic E-state index is 12.3. The van der Waals surface area contributed by atoms with Crippen molar-refractivity contribution in [3.8, 4) is 22.5 Å². The molecule has 1 fully saturated rings. The molecule has 1 aromatic carbocycles. The summed E-state index contributed by atoms with van der Waals surface area (Å²) >= 11 is 0. The zero-order chi connectivity index (χ0) is 25.1. The number of amides is 2. The zero-order valence-corrected chi connectivity index (χ0v) is 19.0. The average molecular weight is 497 g/mol. The van der Waals surface area contributed by atoms with Crippen LogP contribution in [0.2, 0.25) is 0 Å². The number of ether oxygens (including phenoxy) is 1. The molecule has 9 nitrogen and oxygen atoms in total. The number of imidazole rings is 1. The summed E-state index contributed by atoms with van der Waals surface area (Å²) in [6, 6.07) is 13.5. The van der Waals surface area contributed by atoms with Crippen molar-refractivity contribution < 1.29 is 22.7 Å². The molecule has 1 aliphatic rings. The van der Waals surface area contributed by atoms with Gasteiger partial charge in [-0.3, -0.25) is 4.40 Å². The lowest BCUT2D eigenvalue weighted by molar-refractivity contribution is -0.122. The summed E-state index contributed by atoms with van der Waals surface area (Å²) in [5.41, 5.74) is 4.10. The highest BCUT2D eigenvalue weighted by Crippen LogP contribution is 2.26. The summed E-state index contributed by atoms with van der Waals surface area (Å²) in [6.07, 6.45) is -0.930. The summed E-state index contributed by atoms with van der Waals surface area (Å²) < 4.78 is 44.2. The van der Waals surface area contributed by atoms with E-state index in [9.17, 15) is 18.0 Å². The van der Waals surface area contributed by atoms with Crippen molar-refractivity contribution in [2.45, 2.75) is 6.18 Å². The molecular weight excluding hydrogens is 475 g/mol. The topological polar surface area (TPSA) is 96.7 Å². The molecule has 0 bridgehead atoms. The number of benzene rings is 1. The monoisotopic (exact) mass is 497 g/mol. The van der Waals surface area contributed by atoms with E-state index in [0.29, 0.717) is 24.5 Å². The molecule has 0 unspecified atom stereocenters. The molecule has 0 aliphatic carbocycles. The van der Waals surface area contributed by atoms with Crippen molar-refractivity contribution in [3.63, 3.8) is 0 Å². The van der Waals surface area contributed by atoms with Gasteiger partial charge in [-0.2, -0.15) is 13.2 Å². The number of nitrogens with zero attached hydrogens (tertiary/aromatic N) is 5. The Bertz CT molecular complexity index is 1370. The molecule has 186 valence electrons. The van der Waals surface area contributed by atoms with Gasteiger partial charge >= 0.3 is 12.2 Å². The van der Waals surface area contributed by atoms with Gasteiger partial charge < -0.3 is 20.3 Å². The van der Waals surface area contributed by atoms with E-state index < -0.39 is 18.8 Å². The first-order valence-corrected chi connectivity index (χ1v) is 11.2. The number of hydrogen-bond donors (Lipinski definition) is 2. The van der Waals surface area contributed by atoms with Crippen LogP contribution in [-0.4, -0.2) is 64.6 Å². The fourth-order valence-electron chi connectivity index (χ4n) is 3.91. The number of hydrogen-bond acceptors (Lipinski definition) is 6. The summed E-state index contributed by atoms with van der Waals surface area (Å²) in [5.74, 6) is 0.812. The Hall–Kier alpha value is -4.19. The van der Waals surface area contributed by atoms with Gasteiger partial charge in [-0.05, 0) is 36.4 Å². The standard InChI is InChI=1S/C24H22F3N7O2/c25-24(26,27)15-29-23(35)30-18-3-1-2-17(12-18)20-14-28-22-13-16(6-7-34(20)22)19-4-5-21(32-31-19)33-8-10-36-11-9-33/h1-7,12-14H,8-11,15H2,(H2,29,30,35). The van der Waals surface area contributed by atoms with E-state index in [2.05, 4.69) is 25.4 Å². The molecular formula is C24H22F3N7O2. The minimum absolute atomic E-state index is 0.356. The number of morpholine rings is 1. The van der Waals surface area contributed by atoms with E-state index in [-0.39, 0.29) is 0 Å². The minimum atomic E-state index is -4.48. The molecule has 2 N–H and O–H groups in total.